The highest BCUT2D eigenvalue weighted by molar-refractivity contribution is 6.31. The highest BCUT2D eigenvalue weighted by atomic mass is 35.5. The van der Waals surface area contributed by atoms with E-state index in [2.05, 4.69) is 15.5 Å². The number of hydrogen-bond acceptors (Lipinski definition) is 4. The minimum Gasteiger partial charge on any atom is -0.481 e. The van der Waals surface area contributed by atoms with Crippen molar-refractivity contribution < 1.29 is 9.90 Å². The van der Waals surface area contributed by atoms with Gasteiger partial charge >= 0.3 is 5.97 Å². The third kappa shape index (κ3) is 3.78. The summed E-state index contributed by atoms with van der Waals surface area (Å²) in [7, 11) is 0. The molecule has 1 heterocycles. The van der Waals surface area contributed by atoms with Crippen molar-refractivity contribution >= 4 is 17.6 Å². The van der Waals surface area contributed by atoms with E-state index in [0.717, 1.165) is 5.56 Å². The molecule has 1 unspecified atom stereocenters. The van der Waals surface area contributed by atoms with Crippen LogP contribution in [0.4, 0.5) is 0 Å². The van der Waals surface area contributed by atoms with Crippen molar-refractivity contribution in [3.8, 4) is 0 Å². The molecule has 7 heteroatoms. The second kappa shape index (κ2) is 6.67. The summed E-state index contributed by atoms with van der Waals surface area (Å²) in [6.45, 7) is 3.91. The fourth-order valence-electron chi connectivity index (χ4n) is 2.18. The van der Waals surface area contributed by atoms with Crippen LogP contribution < -0.4 is 0 Å². The molecule has 21 heavy (non-hydrogen) atoms. The van der Waals surface area contributed by atoms with E-state index in [-0.39, 0.29) is 18.4 Å². The molecule has 1 aromatic carbocycles. The number of benzene rings is 1. The van der Waals surface area contributed by atoms with Gasteiger partial charge < -0.3 is 5.11 Å². The molecule has 0 saturated heterocycles. The lowest BCUT2D eigenvalue weighted by molar-refractivity contribution is -0.138. The molecule has 0 aliphatic carbocycles. The second-order valence-electron chi connectivity index (χ2n) is 5.22. The Hall–Kier alpha value is -1.95. The lowest BCUT2D eigenvalue weighted by atomic mass is 10.0. The van der Waals surface area contributed by atoms with E-state index < -0.39 is 5.97 Å². The Morgan fingerprint density at radius 3 is 2.71 bits per heavy atom. The third-order valence-corrected chi connectivity index (χ3v) is 3.70. The zero-order valence-electron chi connectivity index (χ0n) is 11.9. The van der Waals surface area contributed by atoms with Crippen molar-refractivity contribution in [2.24, 2.45) is 5.92 Å². The zero-order chi connectivity index (χ0) is 15.4. The number of aromatic nitrogens is 4. The number of carboxylic acid groups (broad SMARTS) is 1. The average Bonchev–Trinajstić information content (AvgIpc) is 2.86. The topological polar surface area (TPSA) is 80.9 Å². The van der Waals surface area contributed by atoms with Crippen LogP contribution in [0.3, 0.4) is 0 Å². The molecule has 0 amide bonds. The molecular formula is C14H17ClN4O2. The lowest BCUT2D eigenvalue weighted by Gasteiger charge is -2.20. The normalized spacial score (nSPS) is 12.6. The SMILES string of the molecule is CC(C)C(CC(=O)O)n1nnnc1Cc1ccccc1Cl. The molecule has 0 aliphatic heterocycles. The number of carbonyl (C=O) groups is 1. The molecule has 0 spiro atoms. The van der Waals surface area contributed by atoms with Crippen LogP contribution in [-0.2, 0) is 11.2 Å². The molecule has 1 atom stereocenters. The Kier molecular flexibility index (Phi) is 4.90. The molecule has 6 nitrogen and oxygen atoms in total. The largest absolute Gasteiger partial charge is 0.481 e. The summed E-state index contributed by atoms with van der Waals surface area (Å²) in [5.74, 6) is -0.148. The van der Waals surface area contributed by atoms with Crippen molar-refractivity contribution in [2.45, 2.75) is 32.7 Å². The van der Waals surface area contributed by atoms with Gasteiger partial charge in [0.2, 0.25) is 0 Å². The maximum absolute atomic E-state index is 11.0. The van der Waals surface area contributed by atoms with Crippen LogP contribution in [0.15, 0.2) is 24.3 Å². The first kappa shape index (κ1) is 15.4. The summed E-state index contributed by atoms with van der Waals surface area (Å²) in [5, 5.41) is 21.4. The van der Waals surface area contributed by atoms with E-state index in [9.17, 15) is 4.79 Å². The Bertz CT molecular complexity index is 627. The summed E-state index contributed by atoms with van der Waals surface area (Å²) in [6.07, 6.45) is 0.452. The molecule has 2 aromatic rings. The van der Waals surface area contributed by atoms with E-state index in [1.165, 1.54) is 0 Å². The van der Waals surface area contributed by atoms with E-state index in [4.69, 9.17) is 16.7 Å². The molecule has 112 valence electrons. The monoisotopic (exact) mass is 308 g/mol. The van der Waals surface area contributed by atoms with Crippen LogP contribution in [0.5, 0.6) is 0 Å². The molecule has 1 aromatic heterocycles. The number of carboxylic acids is 1. The Balaban J connectivity index is 2.29. The molecule has 0 aliphatic rings. The van der Waals surface area contributed by atoms with Gasteiger partial charge in [-0.1, -0.05) is 43.6 Å². The van der Waals surface area contributed by atoms with Crippen LogP contribution in [-0.4, -0.2) is 31.3 Å². The summed E-state index contributed by atoms with van der Waals surface area (Å²) in [6, 6.07) is 7.18. The standard InChI is InChI=1S/C14H17ClN4O2/c1-9(2)12(8-14(20)21)19-13(16-17-18-19)7-10-5-3-4-6-11(10)15/h3-6,9,12H,7-8H2,1-2H3,(H,20,21). The minimum atomic E-state index is -0.868. The number of tetrazole rings is 1. The van der Waals surface area contributed by atoms with E-state index in [1.807, 2.05) is 38.1 Å². The number of rotatable bonds is 6. The van der Waals surface area contributed by atoms with Crippen molar-refractivity contribution in [1.82, 2.24) is 20.2 Å². The van der Waals surface area contributed by atoms with Crippen molar-refractivity contribution in [3.63, 3.8) is 0 Å². The number of aliphatic carboxylic acids is 1. The van der Waals surface area contributed by atoms with Gasteiger partial charge in [0.15, 0.2) is 5.82 Å². The number of hydrogen-bond donors (Lipinski definition) is 1. The predicted octanol–water partition coefficient (Wildman–Crippen LogP) is 2.59. The van der Waals surface area contributed by atoms with Gasteiger partial charge in [-0.2, -0.15) is 0 Å². The predicted molar refractivity (Wildman–Crippen MR) is 78.2 cm³/mol. The van der Waals surface area contributed by atoms with Gasteiger partial charge in [0.1, 0.15) is 0 Å². The fourth-order valence-corrected chi connectivity index (χ4v) is 2.38. The van der Waals surface area contributed by atoms with E-state index in [1.54, 1.807) is 4.68 Å². The first-order chi connectivity index (χ1) is 9.99. The molecule has 0 fully saturated rings. The minimum absolute atomic E-state index is 0.0156. The Labute approximate surface area is 127 Å². The quantitative estimate of drug-likeness (QED) is 0.887. The second-order valence-corrected chi connectivity index (χ2v) is 5.62. The van der Waals surface area contributed by atoms with Crippen LogP contribution in [0, 0.1) is 5.92 Å². The molecular weight excluding hydrogens is 292 g/mol. The number of nitrogens with zero attached hydrogens (tertiary/aromatic N) is 4. The summed E-state index contributed by atoms with van der Waals surface area (Å²) >= 11 is 6.15. The van der Waals surface area contributed by atoms with Gasteiger partial charge in [-0.05, 0) is 28.0 Å². The van der Waals surface area contributed by atoms with Crippen LogP contribution in [0.1, 0.15) is 37.7 Å². The van der Waals surface area contributed by atoms with E-state index >= 15 is 0 Å². The Morgan fingerprint density at radius 2 is 2.10 bits per heavy atom. The Morgan fingerprint density at radius 1 is 1.38 bits per heavy atom. The lowest BCUT2D eigenvalue weighted by Crippen LogP contribution is -2.22. The summed E-state index contributed by atoms with van der Waals surface area (Å²) in [5.41, 5.74) is 0.910. The van der Waals surface area contributed by atoms with Crippen molar-refractivity contribution in [2.75, 3.05) is 0 Å². The van der Waals surface area contributed by atoms with Crippen LogP contribution >= 0.6 is 11.6 Å². The molecule has 0 bridgehead atoms. The van der Waals surface area contributed by atoms with Gasteiger partial charge in [-0.25, -0.2) is 4.68 Å². The van der Waals surface area contributed by atoms with Gasteiger partial charge in [0.05, 0.1) is 12.5 Å². The van der Waals surface area contributed by atoms with Gasteiger partial charge in [-0.15, -0.1) is 5.10 Å². The smallest absolute Gasteiger partial charge is 0.305 e. The van der Waals surface area contributed by atoms with Crippen LogP contribution in [0.2, 0.25) is 5.02 Å². The molecule has 2 rings (SSSR count). The first-order valence-electron chi connectivity index (χ1n) is 6.71. The molecule has 0 radical (unpaired) electrons. The van der Waals surface area contributed by atoms with Gasteiger partial charge in [-0.3, -0.25) is 4.79 Å². The maximum Gasteiger partial charge on any atom is 0.305 e. The third-order valence-electron chi connectivity index (χ3n) is 3.33. The fraction of sp³-hybridized carbons (Fsp3) is 0.429. The van der Waals surface area contributed by atoms with Crippen LogP contribution in [0.25, 0.3) is 0 Å². The van der Waals surface area contributed by atoms with E-state index in [0.29, 0.717) is 17.3 Å². The average molecular weight is 309 g/mol. The van der Waals surface area contributed by atoms with Crippen molar-refractivity contribution in [3.05, 3.63) is 40.7 Å². The van der Waals surface area contributed by atoms with Gasteiger partial charge in [0.25, 0.3) is 0 Å². The molecule has 0 saturated carbocycles. The summed E-state index contributed by atoms with van der Waals surface area (Å²) in [4.78, 5) is 11.0. The summed E-state index contributed by atoms with van der Waals surface area (Å²) < 4.78 is 1.60. The highest BCUT2D eigenvalue weighted by Crippen LogP contribution is 2.24. The molecule has 1 N–H and O–H groups in total. The highest BCUT2D eigenvalue weighted by Gasteiger charge is 2.23. The maximum atomic E-state index is 11.0. The van der Waals surface area contributed by atoms with Gasteiger partial charge in [0, 0.05) is 11.4 Å². The first-order valence-corrected chi connectivity index (χ1v) is 7.08. The zero-order valence-corrected chi connectivity index (χ0v) is 12.7. The number of halogens is 1. The van der Waals surface area contributed by atoms with Crippen molar-refractivity contribution in [1.29, 1.82) is 0 Å².